The van der Waals surface area contributed by atoms with E-state index in [0.29, 0.717) is 23.5 Å². The van der Waals surface area contributed by atoms with E-state index in [4.69, 9.17) is 10.5 Å². The van der Waals surface area contributed by atoms with Crippen molar-refractivity contribution >= 4 is 11.6 Å². The number of hydrogen-bond acceptors (Lipinski definition) is 4. The second kappa shape index (κ2) is 6.35. The quantitative estimate of drug-likeness (QED) is 0.813. The number of methoxy groups -OCH3 is 1. The number of likely N-dealkylation sites (N-methyl/N-ethyl adjacent to an activating group) is 1. The summed E-state index contributed by atoms with van der Waals surface area (Å²) in [4.78, 5) is 14.6. The van der Waals surface area contributed by atoms with Crippen molar-refractivity contribution in [3.05, 3.63) is 23.8 Å². The Hall–Kier alpha value is -1.75. The van der Waals surface area contributed by atoms with Crippen molar-refractivity contribution in [2.24, 2.45) is 0 Å². The van der Waals surface area contributed by atoms with Crippen LogP contribution < -0.4 is 15.8 Å². The van der Waals surface area contributed by atoms with Crippen LogP contribution in [0.4, 0.5) is 5.69 Å². The minimum atomic E-state index is -0.103. The summed E-state index contributed by atoms with van der Waals surface area (Å²) in [6.45, 7) is 0.663. The van der Waals surface area contributed by atoms with Gasteiger partial charge in [-0.15, -0.1) is 0 Å². The molecule has 0 aromatic heterocycles. The molecular formula is C16H25N3O2. The largest absolute Gasteiger partial charge is 0.497 e. The highest BCUT2D eigenvalue weighted by atomic mass is 16.5. The van der Waals surface area contributed by atoms with Gasteiger partial charge in [0.2, 0.25) is 0 Å². The fraction of sp³-hybridized carbons (Fsp3) is 0.562. The first-order valence-corrected chi connectivity index (χ1v) is 7.37. The predicted molar refractivity (Wildman–Crippen MR) is 84.6 cm³/mol. The summed E-state index contributed by atoms with van der Waals surface area (Å²) >= 11 is 0. The lowest BCUT2D eigenvalue weighted by Crippen LogP contribution is -2.50. The molecule has 5 nitrogen and oxygen atoms in total. The maximum Gasteiger partial charge on any atom is 0.251 e. The van der Waals surface area contributed by atoms with E-state index in [1.807, 2.05) is 0 Å². The summed E-state index contributed by atoms with van der Waals surface area (Å²) in [6, 6.07) is 5.09. The Morgan fingerprint density at radius 2 is 2.00 bits per heavy atom. The highest BCUT2D eigenvalue weighted by Crippen LogP contribution is 2.33. The van der Waals surface area contributed by atoms with Gasteiger partial charge in [0.15, 0.2) is 0 Å². The van der Waals surface area contributed by atoms with E-state index < -0.39 is 0 Å². The molecule has 1 amide bonds. The summed E-state index contributed by atoms with van der Waals surface area (Å²) < 4.78 is 5.15. The van der Waals surface area contributed by atoms with Gasteiger partial charge in [-0.25, -0.2) is 0 Å². The predicted octanol–water partition coefficient (Wildman–Crippen LogP) is 1.88. The molecule has 1 saturated carbocycles. The molecule has 1 aromatic rings. The normalized spacial score (nSPS) is 17.0. The van der Waals surface area contributed by atoms with Gasteiger partial charge < -0.3 is 20.7 Å². The van der Waals surface area contributed by atoms with Crippen molar-refractivity contribution in [1.82, 2.24) is 10.2 Å². The van der Waals surface area contributed by atoms with Gasteiger partial charge in [-0.05, 0) is 39.1 Å². The van der Waals surface area contributed by atoms with Crippen LogP contribution in [-0.4, -0.2) is 44.1 Å². The van der Waals surface area contributed by atoms with Crippen molar-refractivity contribution in [1.29, 1.82) is 0 Å². The summed E-state index contributed by atoms with van der Waals surface area (Å²) in [5, 5.41) is 3.05. The molecule has 1 aromatic carbocycles. The van der Waals surface area contributed by atoms with Gasteiger partial charge >= 0.3 is 0 Å². The third-order valence-corrected chi connectivity index (χ3v) is 4.49. The molecule has 3 N–H and O–H groups in total. The van der Waals surface area contributed by atoms with Crippen LogP contribution in [-0.2, 0) is 0 Å². The fourth-order valence-corrected chi connectivity index (χ4v) is 3.03. The van der Waals surface area contributed by atoms with E-state index >= 15 is 0 Å². The number of carbonyl (C=O) groups excluding carboxylic acids is 1. The molecule has 0 atom stereocenters. The van der Waals surface area contributed by atoms with E-state index in [-0.39, 0.29) is 11.4 Å². The molecule has 116 valence electrons. The Labute approximate surface area is 126 Å². The van der Waals surface area contributed by atoms with Crippen LogP contribution in [0.15, 0.2) is 18.2 Å². The molecule has 0 heterocycles. The average Bonchev–Trinajstić information content (AvgIpc) is 2.94. The Bertz CT molecular complexity index is 508. The lowest BCUT2D eigenvalue weighted by molar-refractivity contribution is 0.0899. The Balaban J connectivity index is 2.06. The summed E-state index contributed by atoms with van der Waals surface area (Å²) in [7, 11) is 5.73. The molecule has 1 fully saturated rings. The molecule has 0 aliphatic heterocycles. The third-order valence-electron chi connectivity index (χ3n) is 4.49. The smallest absolute Gasteiger partial charge is 0.251 e. The van der Waals surface area contributed by atoms with Crippen LogP contribution in [0.5, 0.6) is 5.75 Å². The fourth-order valence-electron chi connectivity index (χ4n) is 3.03. The van der Waals surface area contributed by atoms with E-state index in [0.717, 1.165) is 12.8 Å². The number of benzene rings is 1. The minimum absolute atomic E-state index is 0.0834. The molecule has 0 bridgehead atoms. The molecule has 2 rings (SSSR count). The number of amides is 1. The zero-order valence-corrected chi connectivity index (χ0v) is 13.1. The molecule has 0 saturated heterocycles. The number of nitrogen functional groups attached to an aromatic ring is 1. The van der Waals surface area contributed by atoms with Crippen LogP contribution in [0.2, 0.25) is 0 Å². The van der Waals surface area contributed by atoms with Gasteiger partial charge in [0.1, 0.15) is 5.75 Å². The van der Waals surface area contributed by atoms with Crippen molar-refractivity contribution in [3.8, 4) is 5.75 Å². The number of anilines is 1. The minimum Gasteiger partial charge on any atom is -0.497 e. The molecular weight excluding hydrogens is 266 g/mol. The van der Waals surface area contributed by atoms with E-state index in [2.05, 4.69) is 24.3 Å². The first-order chi connectivity index (χ1) is 9.97. The van der Waals surface area contributed by atoms with Crippen LogP contribution in [0.25, 0.3) is 0 Å². The van der Waals surface area contributed by atoms with E-state index in [1.54, 1.807) is 25.3 Å². The number of nitrogens with two attached hydrogens (primary N) is 1. The summed E-state index contributed by atoms with van der Waals surface area (Å²) in [5.41, 5.74) is 6.95. The highest BCUT2D eigenvalue weighted by molar-refractivity contribution is 5.95. The maximum absolute atomic E-state index is 12.3. The molecule has 0 radical (unpaired) electrons. The summed E-state index contributed by atoms with van der Waals surface area (Å²) in [6.07, 6.45) is 4.70. The standard InChI is InChI=1S/C16H25N3O2/c1-19(2)16(6-4-5-7-16)11-18-15(20)12-8-13(17)10-14(9-12)21-3/h8-10H,4-7,11,17H2,1-3H3,(H,18,20). The zero-order chi connectivity index (χ0) is 15.5. The SMILES string of the molecule is COc1cc(N)cc(C(=O)NCC2(N(C)C)CCCC2)c1. The number of nitrogens with zero attached hydrogens (tertiary/aromatic N) is 1. The number of carbonyl (C=O) groups is 1. The van der Waals surface area contributed by atoms with Gasteiger partial charge in [-0.2, -0.15) is 0 Å². The lowest BCUT2D eigenvalue weighted by Gasteiger charge is -2.36. The van der Waals surface area contributed by atoms with Gasteiger partial charge in [-0.3, -0.25) is 4.79 Å². The number of rotatable bonds is 5. The van der Waals surface area contributed by atoms with Crippen LogP contribution in [0, 0.1) is 0 Å². The second-order valence-corrected chi connectivity index (χ2v) is 6.00. The molecule has 0 spiro atoms. The first kappa shape index (κ1) is 15.6. The second-order valence-electron chi connectivity index (χ2n) is 6.00. The number of nitrogens with one attached hydrogen (secondary N) is 1. The van der Waals surface area contributed by atoms with Crippen molar-refractivity contribution in [2.75, 3.05) is 33.5 Å². The Morgan fingerprint density at radius 3 is 2.57 bits per heavy atom. The molecule has 5 heteroatoms. The van der Waals surface area contributed by atoms with Crippen molar-refractivity contribution < 1.29 is 9.53 Å². The average molecular weight is 291 g/mol. The lowest BCUT2D eigenvalue weighted by atomic mass is 9.96. The topological polar surface area (TPSA) is 67.6 Å². The van der Waals surface area contributed by atoms with Gasteiger partial charge in [-0.1, -0.05) is 12.8 Å². The molecule has 1 aliphatic rings. The van der Waals surface area contributed by atoms with Gasteiger partial charge in [0.25, 0.3) is 5.91 Å². The monoisotopic (exact) mass is 291 g/mol. The molecule has 0 unspecified atom stereocenters. The third kappa shape index (κ3) is 3.47. The number of hydrogen-bond donors (Lipinski definition) is 2. The zero-order valence-electron chi connectivity index (χ0n) is 13.1. The van der Waals surface area contributed by atoms with E-state index in [9.17, 15) is 4.79 Å². The van der Waals surface area contributed by atoms with Crippen LogP contribution >= 0.6 is 0 Å². The van der Waals surface area contributed by atoms with Crippen molar-refractivity contribution in [2.45, 2.75) is 31.2 Å². The molecule has 1 aliphatic carbocycles. The van der Waals surface area contributed by atoms with E-state index in [1.165, 1.54) is 12.8 Å². The van der Waals surface area contributed by atoms with Crippen LogP contribution in [0.1, 0.15) is 36.0 Å². The van der Waals surface area contributed by atoms with Gasteiger partial charge in [0, 0.05) is 29.4 Å². The Kier molecular flexibility index (Phi) is 4.73. The number of ether oxygens (including phenoxy) is 1. The van der Waals surface area contributed by atoms with Crippen molar-refractivity contribution in [3.63, 3.8) is 0 Å². The van der Waals surface area contributed by atoms with Crippen LogP contribution in [0.3, 0.4) is 0 Å². The highest BCUT2D eigenvalue weighted by Gasteiger charge is 2.36. The van der Waals surface area contributed by atoms with Gasteiger partial charge in [0.05, 0.1) is 7.11 Å². The first-order valence-electron chi connectivity index (χ1n) is 7.37. The summed E-state index contributed by atoms with van der Waals surface area (Å²) in [5.74, 6) is 0.497. The Morgan fingerprint density at radius 1 is 1.33 bits per heavy atom. The maximum atomic E-state index is 12.3. The molecule has 21 heavy (non-hydrogen) atoms.